The molecule has 0 spiro atoms. The summed E-state index contributed by atoms with van der Waals surface area (Å²) in [6.07, 6.45) is 6.20. The van der Waals surface area contributed by atoms with Gasteiger partial charge in [-0.2, -0.15) is 0 Å². The van der Waals surface area contributed by atoms with Crippen molar-refractivity contribution >= 4 is 17.6 Å². The number of rotatable bonds is 5. The van der Waals surface area contributed by atoms with E-state index in [4.69, 9.17) is 14.2 Å². The first kappa shape index (κ1) is 18.3. The predicted octanol–water partition coefficient (Wildman–Crippen LogP) is 2.71. The van der Waals surface area contributed by atoms with Gasteiger partial charge in [-0.25, -0.2) is 14.0 Å². The minimum atomic E-state index is -0.747. The van der Waals surface area contributed by atoms with Gasteiger partial charge in [0.15, 0.2) is 0 Å². The number of benzene rings is 1. The van der Waals surface area contributed by atoms with Gasteiger partial charge in [0, 0.05) is 12.3 Å². The van der Waals surface area contributed by atoms with Gasteiger partial charge in [0.25, 0.3) is 0 Å². The molecule has 1 aliphatic rings. The summed E-state index contributed by atoms with van der Waals surface area (Å²) in [7, 11) is 2.42. The van der Waals surface area contributed by atoms with E-state index in [1.165, 1.54) is 43.4 Å². The molecule has 1 aliphatic heterocycles. The van der Waals surface area contributed by atoms with E-state index in [0.29, 0.717) is 12.3 Å². The first-order valence-corrected chi connectivity index (χ1v) is 7.50. The first-order chi connectivity index (χ1) is 12.0. The lowest BCUT2D eigenvalue weighted by Gasteiger charge is -2.25. The molecule has 0 atom stereocenters. The molecule has 1 heterocycles. The standard InChI is InChI=1S/C18H18FNO5/c1-4-25-15-11-12(19)8-9-14(15)20-10-6-5-7-13(17(21)23-2)16(20)18(22)24-3/h5-11H,4H2,1-3H3. The molecule has 0 bridgehead atoms. The summed E-state index contributed by atoms with van der Waals surface area (Å²) >= 11 is 0. The maximum absolute atomic E-state index is 13.6. The fourth-order valence-corrected chi connectivity index (χ4v) is 2.31. The van der Waals surface area contributed by atoms with Crippen LogP contribution in [0.25, 0.3) is 0 Å². The van der Waals surface area contributed by atoms with Crippen LogP contribution < -0.4 is 9.64 Å². The SMILES string of the molecule is CCOc1cc(F)ccc1N1C=CC=CC(C(=O)OC)=C1C(=O)OC. The van der Waals surface area contributed by atoms with E-state index < -0.39 is 17.8 Å². The van der Waals surface area contributed by atoms with Gasteiger partial charge in [-0.05, 0) is 31.2 Å². The smallest absolute Gasteiger partial charge is 0.355 e. The van der Waals surface area contributed by atoms with Crippen molar-refractivity contribution in [3.63, 3.8) is 0 Å². The van der Waals surface area contributed by atoms with Crippen LogP contribution >= 0.6 is 0 Å². The molecule has 0 N–H and O–H groups in total. The summed E-state index contributed by atoms with van der Waals surface area (Å²) < 4.78 is 28.6. The molecule has 6 nitrogen and oxygen atoms in total. The van der Waals surface area contributed by atoms with E-state index in [1.54, 1.807) is 25.3 Å². The molecule has 0 unspecified atom stereocenters. The van der Waals surface area contributed by atoms with Crippen LogP contribution in [-0.2, 0) is 19.1 Å². The van der Waals surface area contributed by atoms with Crippen molar-refractivity contribution in [1.29, 1.82) is 0 Å². The summed E-state index contributed by atoms with van der Waals surface area (Å²) in [5.74, 6) is -1.71. The van der Waals surface area contributed by atoms with Crippen LogP contribution in [0.15, 0.2) is 53.9 Å². The fraction of sp³-hybridized carbons (Fsp3) is 0.222. The molecule has 0 radical (unpaired) electrons. The number of carbonyl (C=O) groups excluding carboxylic acids is 2. The number of anilines is 1. The molecule has 0 fully saturated rings. The minimum absolute atomic E-state index is 0.00567. The maximum Gasteiger partial charge on any atom is 0.355 e. The van der Waals surface area contributed by atoms with E-state index in [9.17, 15) is 14.0 Å². The number of halogens is 1. The summed E-state index contributed by atoms with van der Waals surface area (Å²) in [6.45, 7) is 2.05. The van der Waals surface area contributed by atoms with Gasteiger partial charge >= 0.3 is 11.9 Å². The van der Waals surface area contributed by atoms with Crippen LogP contribution in [0, 0.1) is 5.82 Å². The number of ether oxygens (including phenoxy) is 3. The minimum Gasteiger partial charge on any atom is -0.492 e. The molecule has 0 aliphatic carbocycles. The Labute approximate surface area is 144 Å². The van der Waals surface area contributed by atoms with Crippen molar-refractivity contribution in [3.05, 3.63) is 59.7 Å². The van der Waals surface area contributed by atoms with Gasteiger partial charge < -0.3 is 19.1 Å². The highest BCUT2D eigenvalue weighted by Gasteiger charge is 2.29. The second-order valence-electron chi connectivity index (χ2n) is 4.86. The van der Waals surface area contributed by atoms with Gasteiger partial charge in [-0.15, -0.1) is 0 Å². The van der Waals surface area contributed by atoms with Crippen LogP contribution in [0.3, 0.4) is 0 Å². The van der Waals surface area contributed by atoms with Crippen molar-refractivity contribution in [2.24, 2.45) is 0 Å². The Morgan fingerprint density at radius 2 is 1.84 bits per heavy atom. The second kappa shape index (κ2) is 8.14. The van der Waals surface area contributed by atoms with Gasteiger partial charge in [0.05, 0.1) is 32.1 Å². The Balaban J connectivity index is 2.69. The van der Waals surface area contributed by atoms with Gasteiger partial charge in [-0.1, -0.05) is 6.08 Å². The van der Waals surface area contributed by atoms with E-state index >= 15 is 0 Å². The maximum atomic E-state index is 13.6. The molecule has 7 heteroatoms. The molecule has 2 rings (SSSR count). The Kier molecular flexibility index (Phi) is 5.94. The van der Waals surface area contributed by atoms with Crippen molar-refractivity contribution < 1.29 is 28.2 Å². The highest BCUT2D eigenvalue weighted by molar-refractivity contribution is 6.05. The first-order valence-electron chi connectivity index (χ1n) is 7.50. The summed E-state index contributed by atoms with van der Waals surface area (Å²) in [5, 5.41) is 0. The lowest BCUT2D eigenvalue weighted by Crippen LogP contribution is -2.27. The summed E-state index contributed by atoms with van der Waals surface area (Å²) in [5.41, 5.74) is 0.322. The molecular weight excluding hydrogens is 329 g/mol. The highest BCUT2D eigenvalue weighted by Crippen LogP contribution is 2.34. The van der Waals surface area contributed by atoms with Crippen molar-refractivity contribution in [2.45, 2.75) is 6.92 Å². The van der Waals surface area contributed by atoms with Gasteiger partial charge in [-0.3, -0.25) is 0 Å². The van der Waals surface area contributed by atoms with Crippen molar-refractivity contribution in [1.82, 2.24) is 0 Å². The zero-order valence-electron chi connectivity index (χ0n) is 14.1. The molecule has 0 aromatic heterocycles. The van der Waals surface area contributed by atoms with E-state index in [1.807, 2.05) is 0 Å². The van der Waals surface area contributed by atoms with Crippen LogP contribution in [0.1, 0.15) is 6.92 Å². The van der Waals surface area contributed by atoms with Gasteiger partial charge in [0.1, 0.15) is 17.3 Å². The van der Waals surface area contributed by atoms with Crippen LogP contribution in [0.5, 0.6) is 5.75 Å². The number of nitrogens with zero attached hydrogens (tertiary/aromatic N) is 1. The average molecular weight is 347 g/mol. The lowest BCUT2D eigenvalue weighted by atomic mass is 10.1. The average Bonchev–Trinajstić information content (AvgIpc) is 2.83. The Morgan fingerprint density at radius 1 is 1.12 bits per heavy atom. The molecule has 1 aromatic carbocycles. The summed E-state index contributed by atoms with van der Waals surface area (Å²) in [6, 6.07) is 3.89. The third-order valence-corrected chi connectivity index (χ3v) is 3.37. The number of hydrogen-bond donors (Lipinski definition) is 0. The van der Waals surface area contributed by atoms with Gasteiger partial charge in [0.2, 0.25) is 0 Å². The lowest BCUT2D eigenvalue weighted by molar-refractivity contribution is -0.139. The van der Waals surface area contributed by atoms with Crippen LogP contribution in [0.2, 0.25) is 0 Å². The zero-order valence-corrected chi connectivity index (χ0v) is 14.1. The Morgan fingerprint density at radius 3 is 2.48 bits per heavy atom. The predicted molar refractivity (Wildman–Crippen MR) is 89.4 cm³/mol. The quantitative estimate of drug-likeness (QED) is 0.763. The number of allylic oxidation sites excluding steroid dienone is 2. The van der Waals surface area contributed by atoms with E-state index in [0.717, 1.165) is 0 Å². The Bertz CT molecular complexity index is 767. The third kappa shape index (κ3) is 3.88. The monoisotopic (exact) mass is 347 g/mol. The number of methoxy groups -OCH3 is 2. The zero-order chi connectivity index (χ0) is 18.4. The molecule has 1 aromatic rings. The molecular formula is C18H18FNO5. The Hall–Kier alpha value is -3.09. The molecule has 132 valence electrons. The van der Waals surface area contributed by atoms with Crippen LogP contribution in [-0.4, -0.2) is 32.8 Å². The number of hydrogen-bond acceptors (Lipinski definition) is 6. The number of esters is 2. The highest BCUT2D eigenvalue weighted by atomic mass is 19.1. The molecule has 0 saturated carbocycles. The van der Waals surface area contributed by atoms with Crippen molar-refractivity contribution in [2.75, 3.05) is 25.7 Å². The van der Waals surface area contributed by atoms with E-state index in [2.05, 4.69) is 0 Å². The van der Waals surface area contributed by atoms with E-state index in [-0.39, 0.29) is 17.0 Å². The normalized spacial score (nSPS) is 13.5. The summed E-state index contributed by atoms with van der Waals surface area (Å²) in [4.78, 5) is 25.9. The second-order valence-corrected chi connectivity index (χ2v) is 4.86. The molecule has 0 saturated heterocycles. The largest absolute Gasteiger partial charge is 0.492 e. The molecule has 0 amide bonds. The third-order valence-electron chi connectivity index (χ3n) is 3.37. The fourth-order valence-electron chi connectivity index (χ4n) is 2.31. The molecule has 25 heavy (non-hydrogen) atoms. The van der Waals surface area contributed by atoms with Crippen LogP contribution in [0.4, 0.5) is 10.1 Å². The topological polar surface area (TPSA) is 65.1 Å². The van der Waals surface area contributed by atoms with Crippen molar-refractivity contribution in [3.8, 4) is 5.75 Å². The number of carbonyl (C=O) groups is 2.